The average molecular weight is 167 g/mol. The van der Waals surface area contributed by atoms with Gasteiger partial charge in [0.2, 0.25) is 0 Å². The Morgan fingerprint density at radius 3 is 2.33 bits per heavy atom. The summed E-state index contributed by atoms with van der Waals surface area (Å²) in [5.74, 6) is -0.264. The Kier molecular flexibility index (Phi) is 6.64. The Morgan fingerprint density at radius 1 is 1.58 bits per heavy atom. The molecule has 0 atom stereocenters. The van der Waals surface area contributed by atoms with Gasteiger partial charge in [-0.2, -0.15) is 0 Å². The molecule has 0 fully saturated rings. The van der Waals surface area contributed by atoms with Crippen molar-refractivity contribution >= 4 is 5.97 Å². The molecule has 0 bridgehead atoms. The zero-order valence-electron chi connectivity index (χ0n) is 7.12. The summed E-state index contributed by atoms with van der Waals surface area (Å²) in [4.78, 5) is 12.8. The number of hydrogen-bond acceptors (Lipinski definition) is 2. The van der Waals surface area contributed by atoms with Gasteiger partial charge in [0.1, 0.15) is 6.61 Å². The predicted octanol–water partition coefficient (Wildman–Crippen LogP) is 1.75. The van der Waals surface area contributed by atoms with Gasteiger partial charge in [-0.05, 0) is 12.1 Å². The molecule has 1 aromatic heterocycles. The molecular weight excluding hydrogens is 154 g/mol. The first kappa shape index (κ1) is 10.5. The third-order valence-corrected chi connectivity index (χ3v) is 0.900. The largest absolute Gasteiger partial charge is 0.462 e. The topological polar surface area (TPSA) is 42.1 Å². The van der Waals surface area contributed by atoms with E-state index in [0.29, 0.717) is 6.61 Å². The SMILES string of the molecule is C=CCOC(C)=O.c1cc[nH]c1. The maximum Gasteiger partial charge on any atom is 0.302 e. The summed E-state index contributed by atoms with van der Waals surface area (Å²) in [6.07, 6.45) is 5.28. The highest BCUT2D eigenvalue weighted by molar-refractivity contribution is 5.65. The number of carbonyl (C=O) groups is 1. The lowest BCUT2D eigenvalue weighted by molar-refractivity contribution is -0.139. The molecule has 1 heterocycles. The zero-order chi connectivity index (χ0) is 9.23. The molecule has 0 aliphatic carbocycles. The number of aromatic nitrogens is 1. The third-order valence-electron chi connectivity index (χ3n) is 0.900. The van der Waals surface area contributed by atoms with Crippen LogP contribution in [0.15, 0.2) is 37.2 Å². The van der Waals surface area contributed by atoms with Crippen molar-refractivity contribution in [1.82, 2.24) is 4.98 Å². The van der Waals surface area contributed by atoms with Crippen molar-refractivity contribution in [3.8, 4) is 0 Å². The number of aromatic amines is 1. The van der Waals surface area contributed by atoms with Crippen LogP contribution in [0.4, 0.5) is 0 Å². The van der Waals surface area contributed by atoms with E-state index in [1.807, 2.05) is 24.5 Å². The van der Waals surface area contributed by atoms with Crippen molar-refractivity contribution in [2.24, 2.45) is 0 Å². The van der Waals surface area contributed by atoms with Gasteiger partial charge in [-0.15, -0.1) is 0 Å². The van der Waals surface area contributed by atoms with Gasteiger partial charge in [-0.1, -0.05) is 12.7 Å². The molecule has 0 amide bonds. The van der Waals surface area contributed by atoms with Crippen LogP contribution in [0.25, 0.3) is 0 Å². The standard InChI is InChI=1S/C5H8O2.C4H5N/c1-3-4-7-5(2)6;1-2-4-5-3-1/h3H,1,4H2,2H3;1-5H. The molecule has 66 valence electrons. The quantitative estimate of drug-likeness (QED) is 0.538. The van der Waals surface area contributed by atoms with E-state index in [0.717, 1.165) is 0 Å². The van der Waals surface area contributed by atoms with Gasteiger partial charge < -0.3 is 9.72 Å². The molecule has 0 aliphatic heterocycles. The molecule has 0 spiro atoms. The fraction of sp³-hybridized carbons (Fsp3) is 0.222. The van der Waals surface area contributed by atoms with Crippen LogP contribution in [0.3, 0.4) is 0 Å². The minimum Gasteiger partial charge on any atom is -0.462 e. The summed E-state index contributed by atoms with van der Waals surface area (Å²) >= 11 is 0. The van der Waals surface area contributed by atoms with Crippen molar-refractivity contribution < 1.29 is 9.53 Å². The van der Waals surface area contributed by atoms with Crippen molar-refractivity contribution in [1.29, 1.82) is 0 Å². The molecule has 1 aromatic rings. The van der Waals surface area contributed by atoms with Gasteiger partial charge in [0.05, 0.1) is 0 Å². The van der Waals surface area contributed by atoms with Crippen LogP contribution in [0, 0.1) is 0 Å². The van der Waals surface area contributed by atoms with Crippen LogP contribution in [-0.4, -0.2) is 17.6 Å². The molecule has 0 aromatic carbocycles. The summed E-state index contributed by atoms with van der Waals surface area (Å²) in [5, 5.41) is 0. The Labute approximate surface area is 72.1 Å². The van der Waals surface area contributed by atoms with Gasteiger partial charge in [0.25, 0.3) is 0 Å². The molecule has 0 radical (unpaired) electrons. The third kappa shape index (κ3) is 8.49. The van der Waals surface area contributed by atoms with Crippen LogP contribution in [0.1, 0.15) is 6.92 Å². The van der Waals surface area contributed by atoms with Gasteiger partial charge in [0, 0.05) is 19.3 Å². The monoisotopic (exact) mass is 167 g/mol. The minimum absolute atomic E-state index is 0.264. The van der Waals surface area contributed by atoms with Crippen molar-refractivity contribution in [3.63, 3.8) is 0 Å². The van der Waals surface area contributed by atoms with Crippen molar-refractivity contribution in [2.45, 2.75) is 6.92 Å². The minimum atomic E-state index is -0.264. The fourth-order valence-corrected chi connectivity index (χ4v) is 0.454. The fourth-order valence-electron chi connectivity index (χ4n) is 0.454. The van der Waals surface area contributed by atoms with Crippen molar-refractivity contribution in [2.75, 3.05) is 6.61 Å². The first-order valence-corrected chi connectivity index (χ1v) is 3.59. The molecule has 3 heteroatoms. The maximum absolute atomic E-state index is 9.93. The summed E-state index contributed by atoms with van der Waals surface area (Å²) in [6.45, 7) is 5.03. The average Bonchev–Trinajstić information content (AvgIpc) is 2.57. The van der Waals surface area contributed by atoms with E-state index in [4.69, 9.17) is 0 Å². The summed E-state index contributed by atoms with van der Waals surface area (Å²) < 4.78 is 4.43. The Bertz CT molecular complexity index is 187. The van der Waals surface area contributed by atoms with Gasteiger partial charge >= 0.3 is 5.97 Å². The molecule has 0 aliphatic rings. The number of carbonyl (C=O) groups excluding carboxylic acids is 1. The number of H-pyrrole nitrogens is 1. The second-order valence-electron chi connectivity index (χ2n) is 1.98. The van der Waals surface area contributed by atoms with Crippen molar-refractivity contribution in [3.05, 3.63) is 37.2 Å². The van der Waals surface area contributed by atoms with Gasteiger partial charge in [-0.25, -0.2) is 0 Å². The zero-order valence-corrected chi connectivity index (χ0v) is 7.12. The number of nitrogens with one attached hydrogen (secondary N) is 1. The number of ether oxygens (including phenoxy) is 1. The predicted molar refractivity (Wildman–Crippen MR) is 47.6 cm³/mol. The van der Waals surface area contributed by atoms with E-state index < -0.39 is 0 Å². The van der Waals surface area contributed by atoms with Crippen LogP contribution >= 0.6 is 0 Å². The van der Waals surface area contributed by atoms with E-state index in [1.165, 1.54) is 13.0 Å². The molecular formula is C9H13NO2. The van der Waals surface area contributed by atoms with Crippen LogP contribution in [0.2, 0.25) is 0 Å². The summed E-state index contributed by atoms with van der Waals surface area (Å²) in [7, 11) is 0. The Balaban J connectivity index is 0.000000211. The van der Waals surface area contributed by atoms with E-state index >= 15 is 0 Å². The van der Waals surface area contributed by atoms with E-state index in [2.05, 4.69) is 16.3 Å². The number of esters is 1. The summed E-state index contributed by atoms with van der Waals surface area (Å²) in [6, 6.07) is 3.89. The Hall–Kier alpha value is -1.51. The number of rotatable bonds is 2. The molecule has 1 rings (SSSR count). The maximum atomic E-state index is 9.93. The lowest BCUT2D eigenvalue weighted by atomic mass is 10.7. The summed E-state index contributed by atoms with van der Waals surface area (Å²) in [5.41, 5.74) is 0. The smallest absolute Gasteiger partial charge is 0.302 e. The van der Waals surface area contributed by atoms with E-state index in [9.17, 15) is 4.79 Å². The molecule has 3 nitrogen and oxygen atoms in total. The van der Waals surface area contributed by atoms with Gasteiger partial charge in [0.15, 0.2) is 0 Å². The second-order valence-corrected chi connectivity index (χ2v) is 1.98. The van der Waals surface area contributed by atoms with E-state index in [-0.39, 0.29) is 5.97 Å². The van der Waals surface area contributed by atoms with Crippen LogP contribution in [-0.2, 0) is 9.53 Å². The van der Waals surface area contributed by atoms with Crippen LogP contribution in [0.5, 0.6) is 0 Å². The highest BCUT2D eigenvalue weighted by Crippen LogP contribution is 1.73. The second kappa shape index (κ2) is 7.60. The Morgan fingerprint density at radius 2 is 2.17 bits per heavy atom. The highest BCUT2D eigenvalue weighted by Gasteiger charge is 1.83. The van der Waals surface area contributed by atoms with E-state index in [1.54, 1.807) is 0 Å². The lowest BCUT2D eigenvalue weighted by Gasteiger charge is -1.90. The molecule has 12 heavy (non-hydrogen) atoms. The first-order chi connectivity index (χ1) is 5.77. The lowest BCUT2D eigenvalue weighted by Crippen LogP contribution is -1.96. The number of hydrogen-bond donors (Lipinski definition) is 1. The molecule has 0 saturated carbocycles. The molecule has 1 N–H and O–H groups in total. The normalized spacial score (nSPS) is 7.75. The van der Waals surface area contributed by atoms with Crippen LogP contribution < -0.4 is 0 Å². The highest BCUT2D eigenvalue weighted by atomic mass is 16.5. The molecule has 0 unspecified atom stereocenters. The molecule has 0 saturated heterocycles. The van der Waals surface area contributed by atoms with Gasteiger partial charge in [-0.3, -0.25) is 4.79 Å². The first-order valence-electron chi connectivity index (χ1n) is 3.59.